The molecule has 2 aromatic heterocycles. The highest BCUT2D eigenvalue weighted by atomic mass is 19.4. The Hall–Kier alpha value is -4.47. The molecule has 0 aliphatic carbocycles. The number of nitrogens with zero attached hydrogens (tertiary/aromatic N) is 6. The number of alkyl halides is 3. The van der Waals surface area contributed by atoms with Gasteiger partial charge in [-0.3, -0.25) is 4.79 Å². The minimum absolute atomic E-state index is 0.0707. The molecule has 2 N–H and O–H groups in total. The summed E-state index contributed by atoms with van der Waals surface area (Å²) < 4.78 is 43.0. The van der Waals surface area contributed by atoms with Crippen molar-refractivity contribution >= 4 is 34.3 Å². The second-order valence-corrected chi connectivity index (χ2v) is 7.64. The Morgan fingerprint density at radius 1 is 1.31 bits per heavy atom. The van der Waals surface area contributed by atoms with Crippen LogP contribution in [0.1, 0.15) is 12.0 Å². The Morgan fingerprint density at radius 2 is 2.09 bits per heavy atom. The minimum Gasteiger partial charge on any atom is -0.454 e. The summed E-state index contributed by atoms with van der Waals surface area (Å²) in [6.45, 7) is 2.87. The van der Waals surface area contributed by atoms with Crippen molar-refractivity contribution in [3.63, 3.8) is 0 Å². The maximum Gasteiger partial charge on any atom is 0.422 e. The molecular formula is C22H19F3N8O2. The van der Waals surface area contributed by atoms with Crippen LogP contribution in [0.3, 0.4) is 0 Å². The van der Waals surface area contributed by atoms with Crippen molar-refractivity contribution in [1.29, 1.82) is 5.26 Å². The first-order chi connectivity index (χ1) is 16.7. The first kappa shape index (κ1) is 23.7. The maximum atomic E-state index is 12.7. The second-order valence-electron chi connectivity index (χ2n) is 7.64. The monoisotopic (exact) mass is 484 g/mol. The SMILES string of the molecule is C=CC(=O)Nc1ccc2c(N3CC[C@@H](Nc4ncc(C#N)cn4)C3)nc(OCC(F)(F)F)nc2c1. The minimum atomic E-state index is -4.55. The Bertz CT molecular complexity index is 1290. The summed E-state index contributed by atoms with van der Waals surface area (Å²) in [5.74, 6) is 0.324. The Kier molecular flexibility index (Phi) is 6.63. The topological polar surface area (TPSA) is 129 Å². The number of carbonyl (C=O) groups excluding carboxylic acids is 1. The van der Waals surface area contributed by atoms with Gasteiger partial charge in [-0.2, -0.15) is 28.4 Å². The number of carbonyl (C=O) groups is 1. The lowest BCUT2D eigenvalue weighted by molar-refractivity contribution is -0.154. The predicted octanol–water partition coefficient (Wildman–Crippen LogP) is 3.05. The van der Waals surface area contributed by atoms with Crippen LogP contribution in [0.2, 0.25) is 0 Å². The average molecular weight is 484 g/mol. The van der Waals surface area contributed by atoms with E-state index in [1.165, 1.54) is 18.5 Å². The molecule has 1 amide bonds. The molecule has 13 heteroatoms. The third-order valence-corrected chi connectivity index (χ3v) is 5.08. The van der Waals surface area contributed by atoms with E-state index < -0.39 is 24.7 Å². The fraction of sp³-hybridized carbons (Fsp3) is 0.273. The smallest absolute Gasteiger partial charge is 0.422 e. The third kappa shape index (κ3) is 5.91. The average Bonchev–Trinajstić information content (AvgIpc) is 3.30. The van der Waals surface area contributed by atoms with Gasteiger partial charge in [0.05, 0.1) is 23.5 Å². The zero-order valence-electron chi connectivity index (χ0n) is 18.2. The predicted molar refractivity (Wildman–Crippen MR) is 121 cm³/mol. The lowest BCUT2D eigenvalue weighted by Gasteiger charge is -2.21. The number of ether oxygens (including phenoxy) is 1. The van der Waals surface area contributed by atoms with Crippen molar-refractivity contribution in [2.75, 3.05) is 35.2 Å². The Labute approximate surface area is 197 Å². The van der Waals surface area contributed by atoms with Crippen LogP contribution in [-0.4, -0.2) is 57.8 Å². The number of nitrogens with one attached hydrogen (secondary N) is 2. The highest BCUT2D eigenvalue weighted by Gasteiger charge is 2.30. The molecule has 180 valence electrons. The van der Waals surface area contributed by atoms with E-state index in [0.717, 1.165) is 6.08 Å². The van der Waals surface area contributed by atoms with Crippen molar-refractivity contribution in [2.45, 2.75) is 18.6 Å². The summed E-state index contributed by atoms with van der Waals surface area (Å²) in [5, 5.41) is 15.2. The summed E-state index contributed by atoms with van der Waals surface area (Å²) in [5.41, 5.74) is 1.04. The highest BCUT2D eigenvalue weighted by molar-refractivity contribution is 6.01. The van der Waals surface area contributed by atoms with E-state index in [-0.39, 0.29) is 6.04 Å². The molecule has 0 unspecified atom stereocenters. The van der Waals surface area contributed by atoms with Crippen molar-refractivity contribution in [1.82, 2.24) is 19.9 Å². The molecule has 1 saturated heterocycles. The van der Waals surface area contributed by atoms with Crippen LogP contribution in [-0.2, 0) is 4.79 Å². The molecule has 0 radical (unpaired) electrons. The molecule has 1 aliphatic rings. The zero-order valence-corrected chi connectivity index (χ0v) is 18.2. The van der Waals surface area contributed by atoms with Gasteiger partial charge in [0.2, 0.25) is 11.9 Å². The molecule has 3 aromatic rings. The van der Waals surface area contributed by atoms with E-state index in [9.17, 15) is 18.0 Å². The van der Waals surface area contributed by atoms with Gasteiger partial charge in [-0.25, -0.2) is 9.97 Å². The first-order valence-electron chi connectivity index (χ1n) is 10.4. The molecular weight excluding hydrogens is 465 g/mol. The number of amides is 1. The van der Waals surface area contributed by atoms with E-state index >= 15 is 0 Å². The number of halogens is 3. The van der Waals surface area contributed by atoms with Gasteiger partial charge in [0.25, 0.3) is 0 Å². The third-order valence-electron chi connectivity index (χ3n) is 5.08. The summed E-state index contributed by atoms with van der Waals surface area (Å²) >= 11 is 0. The summed E-state index contributed by atoms with van der Waals surface area (Å²) in [6, 6.07) is 6.30. The van der Waals surface area contributed by atoms with Crippen LogP contribution in [0.25, 0.3) is 10.9 Å². The summed E-state index contributed by atoms with van der Waals surface area (Å²) in [7, 11) is 0. The van der Waals surface area contributed by atoms with Gasteiger partial charge in [0, 0.05) is 30.2 Å². The van der Waals surface area contributed by atoms with Crippen LogP contribution in [0.4, 0.5) is 30.6 Å². The number of nitriles is 1. The molecule has 1 fully saturated rings. The number of aromatic nitrogens is 4. The molecule has 1 aromatic carbocycles. The largest absolute Gasteiger partial charge is 0.454 e. The standard InChI is InChI=1S/C22H19F3N8O2/c1-2-18(34)29-14-3-4-16-17(7-14)31-21(35-12-22(23,24)25)32-19(16)33-6-5-15(11-33)30-20-27-9-13(8-26)10-28-20/h2-4,7,9-10,15H,1,5-6,11-12H2,(H,29,34)(H,27,28,30)/t15-/m1/s1. The second kappa shape index (κ2) is 9.80. The Balaban J connectivity index is 1.60. The number of hydrogen-bond acceptors (Lipinski definition) is 9. The van der Waals surface area contributed by atoms with Gasteiger partial charge in [-0.15, -0.1) is 0 Å². The van der Waals surface area contributed by atoms with E-state index in [0.29, 0.717) is 53.4 Å². The van der Waals surface area contributed by atoms with Crippen LogP contribution < -0.4 is 20.3 Å². The van der Waals surface area contributed by atoms with Gasteiger partial charge >= 0.3 is 12.2 Å². The van der Waals surface area contributed by atoms with Crippen molar-refractivity contribution < 1.29 is 22.7 Å². The van der Waals surface area contributed by atoms with Crippen molar-refractivity contribution in [2.24, 2.45) is 0 Å². The maximum absolute atomic E-state index is 12.7. The zero-order chi connectivity index (χ0) is 25.0. The van der Waals surface area contributed by atoms with Crippen molar-refractivity contribution in [3.05, 3.63) is 48.8 Å². The number of hydrogen-bond donors (Lipinski definition) is 2. The fourth-order valence-corrected chi connectivity index (χ4v) is 3.53. The summed E-state index contributed by atoms with van der Waals surface area (Å²) in [6.07, 6.45) is 0.0471. The van der Waals surface area contributed by atoms with Crippen LogP contribution in [0, 0.1) is 11.3 Å². The molecule has 0 saturated carbocycles. The number of fused-ring (bicyclic) bond motifs is 1. The van der Waals surface area contributed by atoms with Gasteiger partial charge in [-0.1, -0.05) is 6.58 Å². The van der Waals surface area contributed by atoms with E-state index in [1.807, 2.05) is 11.0 Å². The molecule has 35 heavy (non-hydrogen) atoms. The van der Waals surface area contributed by atoms with Crippen molar-refractivity contribution in [3.8, 4) is 12.1 Å². The van der Waals surface area contributed by atoms with Gasteiger partial charge in [0.1, 0.15) is 11.9 Å². The molecule has 3 heterocycles. The molecule has 1 atom stereocenters. The lowest BCUT2D eigenvalue weighted by atomic mass is 10.2. The normalized spacial score (nSPS) is 15.5. The fourth-order valence-electron chi connectivity index (χ4n) is 3.53. The van der Waals surface area contributed by atoms with Gasteiger partial charge in [0.15, 0.2) is 6.61 Å². The summed E-state index contributed by atoms with van der Waals surface area (Å²) in [4.78, 5) is 30.1. The van der Waals surface area contributed by atoms with E-state index in [1.54, 1.807) is 12.1 Å². The Morgan fingerprint density at radius 3 is 2.77 bits per heavy atom. The van der Waals surface area contributed by atoms with Crippen LogP contribution in [0.15, 0.2) is 43.2 Å². The van der Waals surface area contributed by atoms with E-state index in [2.05, 4.69) is 37.1 Å². The first-order valence-corrected chi connectivity index (χ1v) is 10.4. The van der Waals surface area contributed by atoms with E-state index in [4.69, 9.17) is 10.00 Å². The number of benzene rings is 1. The molecule has 10 nitrogen and oxygen atoms in total. The van der Waals surface area contributed by atoms with Gasteiger partial charge < -0.3 is 20.3 Å². The lowest BCUT2D eigenvalue weighted by Crippen LogP contribution is -2.28. The molecule has 0 bridgehead atoms. The van der Waals surface area contributed by atoms with Crippen LogP contribution >= 0.6 is 0 Å². The number of anilines is 3. The molecule has 0 spiro atoms. The quantitative estimate of drug-likeness (QED) is 0.486. The number of rotatable bonds is 7. The molecule has 1 aliphatic heterocycles. The van der Waals surface area contributed by atoms with Gasteiger partial charge in [-0.05, 0) is 30.7 Å². The van der Waals surface area contributed by atoms with Crippen LogP contribution in [0.5, 0.6) is 6.01 Å². The molecule has 4 rings (SSSR count). The highest BCUT2D eigenvalue weighted by Crippen LogP contribution is 2.31.